The number of benzene rings is 1. The van der Waals surface area contributed by atoms with Crippen LogP contribution in [0.25, 0.3) is 0 Å². The van der Waals surface area contributed by atoms with Crippen LogP contribution in [0.5, 0.6) is 11.5 Å². The molecule has 2 heterocycles. The van der Waals surface area contributed by atoms with E-state index < -0.39 is 12.0 Å². The average Bonchev–Trinajstić information content (AvgIpc) is 2.52. The van der Waals surface area contributed by atoms with Crippen molar-refractivity contribution in [3.05, 3.63) is 35.0 Å². The van der Waals surface area contributed by atoms with Gasteiger partial charge in [-0.2, -0.15) is 0 Å². The number of hydrogen-bond acceptors (Lipinski definition) is 6. The van der Waals surface area contributed by atoms with E-state index in [2.05, 4.69) is 11.9 Å². The van der Waals surface area contributed by atoms with Crippen molar-refractivity contribution in [3.63, 3.8) is 0 Å². The van der Waals surface area contributed by atoms with E-state index in [4.69, 9.17) is 4.74 Å². The van der Waals surface area contributed by atoms with Crippen molar-refractivity contribution >= 4 is 22.9 Å². The summed E-state index contributed by atoms with van der Waals surface area (Å²) in [5, 5.41) is 21.1. The largest absolute Gasteiger partial charge is 0.504 e. The van der Waals surface area contributed by atoms with Crippen LogP contribution in [-0.4, -0.2) is 45.2 Å². The first kappa shape index (κ1) is 16.7. The fourth-order valence-corrected chi connectivity index (χ4v) is 4.21. The number of nitrogens with zero attached hydrogens (tertiary/aromatic N) is 2. The van der Waals surface area contributed by atoms with Crippen LogP contribution in [0.4, 0.5) is 0 Å². The predicted octanol–water partition coefficient (Wildman–Crippen LogP) is 3.00. The maximum atomic E-state index is 11.8. The number of aromatic hydroxyl groups is 1. The number of carboxylic acid groups (broad SMARTS) is 1. The molecule has 3 rings (SSSR count). The normalized spacial score (nSPS) is 23.6. The zero-order valence-corrected chi connectivity index (χ0v) is 14.6. The lowest BCUT2D eigenvalue weighted by Gasteiger charge is -2.41. The summed E-state index contributed by atoms with van der Waals surface area (Å²) in [6.45, 7) is 4.60. The Balaban J connectivity index is 2.10. The van der Waals surface area contributed by atoms with E-state index in [9.17, 15) is 15.0 Å². The molecule has 24 heavy (non-hydrogen) atoms. The number of carboxylic acids is 1. The smallest absolute Gasteiger partial charge is 0.335 e. The molecule has 1 aromatic carbocycles. The summed E-state index contributed by atoms with van der Waals surface area (Å²) >= 11 is 1.66. The number of aliphatic imine (C=N–C) groups is 1. The molecule has 2 aliphatic rings. The maximum Gasteiger partial charge on any atom is 0.335 e. The molecule has 2 aliphatic heterocycles. The van der Waals surface area contributed by atoms with Crippen molar-refractivity contribution in [3.8, 4) is 11.5 Å². The van der Waals surface area contributed by atoms with Crippen molar-refractivity contribution in [2.75, 3.05) is 13.7 Å². The lowest BCUT2D eigenvalue weighted by molar-refractivity contribution is -0.133. The Labute approximate surface area is 144 Å². The molecule has 0 aromatic heterocycles. The van der Waals surface area contributed by atoms with E-state index in [1.807, 2.05) is 4.90 Å². The second-order valence-electron chi connectivity index (χ2n) is 5.94. The van der Waals surface area contributed by atoms with Gasteiger partial charge in [0.05, 0.1) is 24.4 Å². The second kappa shape index (κ2) is 6.39. The quantitative estimate of drug-likeness (QED) is 0.874. The van der Waals surface area contributed by atoms with Crippen LogP contribution in [0.3, 0.4) is 0 Å². The summed E-state index contributed by atoms with van der Waals surface area (Å²) in [4.78, 5) is 18.4. The second-order valence-corrected chi connectivity index (χ2v) is 7.35. The molecule has 0 aliphatic carbocycles. The Morgan fingerprint density at radius 3 is 2.83 bits per heavy atom. The molecular weight excluding hydrogens is 328 g/mol. The molecule has 0 bridgehead atoms. The topological polar surface area (TPSA) is 82.4 Å². The number of rotatable bonds is 3. The highest BCUT2D eigenvalue weighted by atomic mass is 32.2. The number of phenols is 1. The van der Waals surface area contributed by atoms with E-state index in [1.165, 1.54) is 7.11 Å². The Morgan fingerprint density at radius 1 is 1.46 bits per heavy atom. The van der Waals surface area contributed by atoms with E-state index in [0.717, 1.165) is 18.1 Å². The first-order valence-electron chi connectivity index (χ1n) is 7.75. The molecular formula is C17H20N2O4S. The van der Waals surface area contributed by atoms with Crippen LogP contribution in [0, 0.1) is 0 Å². The van der Waals surface area contributed by atoms with Gasteiger partial charge >= 0.3 is 5.97 Å². The minimum atomic E-state index is -0.987. The van der Waals surface area contributed by atoms with E-state index in [1.54, 1.807) is 36.9 Å². The SMILES string of the molecule is COc1ccc(C2C(C(=O)O)=C(C)N=C3SC(C)CCN32)cc1O. The number of fused-ring (bicyclic) bond motifs is 1. The van der Waals surface area contributed by atoms with Gasteiger partial charge in [0.1, 0.15) is 0 Å². The van der Waals surface area contributed by atoms with Gasteiger partial charge < -0.3 is 19.8 Å². The van der Waals surface area contributed by atoms with Gasteiger partial charge in [0.2, 0.25) is 0 Å². The highest BCUT2D eigenvalue weighted by Crippen LogP contribution is 2.42. The van der Waals surface area contributed by atoms with Crippen molar-refractivity contribution in [2.45, 2.75) is 31.6 Å². The van der Waals surface area contributed by atoms with Crippen LogP contribution in [0.2, 0.25) is 0 Å². The first-order chi connectivity index (χ1) is 11.4. The highest BCUT2D eigenvalue weighted by molar-refractivity contribution is 8.14. The van der Waals surface area contributed by atoms with Gasteiger partial charge in [0.25, 0.3) is 0 Å². The predicted molar refractivity (Wildman–Crippen MR) is 93.5 cm³/mol. The van der Waals surface area contributed by atoms with Gasteiger partial charge in [0, 0.05) is 11.8 Å². The van der Waals surface area contributed by atoms with Crippen LogP contribution in [-0.2, 0) is 4.79 Å². The number of carbonyl (C=O) groups is 1. The van der Waals surface area contributed by atoms with Crippen molar-refractivity contribution in [1.82, 2.24) is 4.90 Å². The van der Waals surface area contributed by atoms with E-state index in [-0.39, 0.29) is 11.3 Å². The summed E-state index contributed by atoms with van der Waals surface area (Å²) in [5.74, 6) is -0.624. The molecule has 1 aromatic rings. The lowest BCUT2D eigenvalue weighted by atomic mass is 9.94. The Morgan fingerprint density at radius 2 is 2.21 bits per heavy atom. The monoisotopic (exact) mass is 348 g/mol. The third-order valence-electron chi connectivity index (χ3n) is 4.32. The molecule has 1 fully saturated rings. The van der Waals surface area contributed by atoms with Crippen LogP contribution >= 0.6 is 11.8 Å². The zero-order chi connectivity index (χ0) is 17.4. The molecule has 0 radical (unpaired) electrons. The minimum absolute atomic E-state index is 0.000477. The number of phenolic OH excluding ortho intramolecular Hbond substituents is 1. The molecule has 2 atom stereocenters. The van der Waals surface area contributed by atoms with Crippen LogP contribution in [0.1, 0.15) is 31.9 Å². The minimum Gasteiger partial charge on any atom is -0.504 e. The fraction of sp³-hybridized carbons (Fsp3) is 0.412. The van der Waals surface area contributed by atoms with Gasteiger partial charge in [-0.05, 0) is 31.0 Å². The van der Waals surface area contributed by atoms with Crippen molar-refractivity contribution < 1.29 is 19.7 Å². The van der Waals surface area contributed by atoms with Gasteiger partial charge in [-0.3, -0.25) is 0 Å². The summed E-state index contributed by atoms with van der Waals surface area (Å²) in [6.07, 6.45) is 0.953. The van der Waals surface area contributed by atoms with Crippen LogP contribution < -0.4 is 4.74 Å². The summed E-state index contributed by atoms with van der Waals surface area (Å²) in [7, 11) is 1.48. The summed E-state index contributed by atoms with van der Waals surface area (Å²) in [6, 6.07) is 4.56. The van der Waals surface area contributed by atoms with Gasteiger partial charge in [-0.15, -0.1) is 0 Å². The molecule has 0 amide bonds. The number of methoxy groups -OCH3 is 1. The Bertz CT molecular complexity index is 744. The number of ether oxygens (including phenoxy) is 1. The van der Waals surface area contributed by atoms with Crippen LogP contribution in [0.15, 0.2) is 34.5 Å². The molecule has 2 unspecified atom stereocenters. The van der Waals surface area contributed by atoms with Gasteiger partial charge in [-0.25, -0.2) is 9.79 Å². The number of amidine groups is 1. The third-order valence-corrected chi connectivity index (χ3v) is 5.49. The highest BCUT2D eigenvalue weighted by Gasteiger charge is 2.38. The standard InChI is InChI=1S/C17H20N2O4S/c1-9-6-7-19-15(11-4-5-13(23-3)12(20)8-11)14(16(21)22)10(2)18-17(19)24-9/h4-5,8-9,15,20H,6-7H2,1-3H3,(H,21,22). The van der Waals surface area contributed by atoms with Gasteiger partial charge in [-0.1, -0.05) is 24.8 Å². The number of hydrogen-bond donors (Lipinski definition) is 2. The molecule has 1 saturated heterocycles. The number of aliphatic carboxylic acids is 1. The van der Waals surface area contributed by atoms with Crippen molar-refractivity contribution in [2.24, 2.45) is 4.99 Å². The maximum absolute atomic E-state index is 11.8. The first-order valence-corrected chi connectivity index (χ1v) is 8.63. The molecule has 2 N–H and O–H groups in total. The van der Waals surface area contributed by atoms with E-state index in [0.29, 0.717) is 22.3 Å². The Kier molecular flexibility index (Phi) is 4.45. The average molecular weight is 348 g/mol. The molecule has 0 spiro atoms. The Hall–Kier alpha value is -2.15. The summed E-state index contributed by atoms with van der Waals surface area (Å²) < 4.78 is 5.08. The fourth-order valence-electron chi connectivity index (χ4n) is 3.11. The van der Waals surface area contributed by atoms with Gasteiger partial charge in [0.15, 0.2) is 16.7 Å². The summed E-state index contributed by atoms with van der Waals surface area (Å²) in [5.41, 5.74) is 1.47. The number of thioether (sulfide) groups is 1. The van der Waals surface area contributed by atoms with Crippen molar-refractivity contribution in [1.29, 1.82) is 0 Å². The molecule has 6 nitrogen and oxygen atoms in total. The molecule has 7 heteroatoms. The number of allylic oxidation sites excluding steroid dienone is 1. The molecule has 0 saturated carbocycles. The lowest BCUT2D eigenvalue weighted by Crippen LogP contribution is -2.43. The third kappa shape index (κ3) is 2.84. The van der Waals surface area contributed by atoms with E-state index >= 15 is 0 Å². The zero-order valence-electron chi connectivity index (χ0n) is 13.8. The molecule has 128 valence electrons.